The molecule has 0 atom stereocenters. The lowest BCUT2D eigenvalue weighted by Crippen LogP contribution is -2.61. The molecule has 17 aromatic carbocycles. The summed E-state index contributed by atoms with van der Waals surface area (Å²) in [5.41, 5.74) is 9.38. The Kier molecular flexibility index (Phi) is 8.29. The van der Waals surface area contributed by atoms with Gasteiger partial charge in [-0.05, 0) is 148 Å². The van der Waals surface area contributed by atoms with Crippen LogP contribution in [0.3, 0.4) is 0 Å². The summed E-state index contributed by atoms with van der Waals surface area (Å²) in [5, 5.41) is -1.10. The summed E-state index contributed by atoms with van der Waals surface area (Å²) in [5.74, 6) is 0. The molecule has 0 amide bonds. The number of hydrogen-bond acceptors (Lipinski definition) is 2. The molecule has 0 unspecified atom stereocenters. The average molecular weight is 1420 g/mol. The van der Waals surface area contributed by atoms with Gasteiger partial charge in [0.1, 0.15) is 0 Å². The summed E-state index contributed by atoms with van der Waals surface area (Å²) in [4.78, 5) is 4.08. The lowest BCUT2D eigenvalue weighted by atomic mass is 9.33. The van der Waals surface area contributed by atoms with E-state index in [9.17, 15) is 27.4 Å². The lowest BCUT2D eigenvalue weighted by Gasteiger charge is -2.45. The highest BCUT2D eigenvalue weighted by Gasteiger charge is 2.44. The van der Waals surface area contributed by atoms with Crippen LogP contribution in [0.1, 0.15) is 43.9 Å². The minimum absolute atomic E-state index is 0.0771. The average Bonchev–Trinajstić information content (AvgIpc) is 1.69. The van der Waals surface area contributed by atoms with E-state index in [1.165, 1.54) is 18.3 Å². The van der Waals surface area contributed by atoms with E-state index in [0.717, 1.165) is 0 Å². The molecule has 109 heavy (non-hydrogen) atoms. The largest absolute Gasteiger partial charge is 0.311 e. The Morgan fingerprint density at radius 3 is 0.734 bits per heavy atom. The molecule has 0 radical (unpaired) electrons. The molecule has 0 saturated carbocycles. The van der Waals surface area contributed by atoms with Gasteiger partial charge in [0.05, 0.1) is 111 Å². The number of para-hydroxylation sites is 12. The fourth-order valence-corrected chi connectivity index (χ4v) is 16.7. The fraction of sp³-hybridized carbons (Fsp3) is 0. The standard InChI is InChI=1S/C102H65BN6/c1-13-38-86(106-94-46-21-9-34-80(94)81-35-10-22-47-95(81)106)72(26-1)66-52-56-68(57-53-66)74-28-3-15-40-88(74)108-98-50-25-51-99-102(98)103(84-62-60-70(64-100(84)108)104-90-42-17-5-30-76(90)77-31-6-18-43-91(77)104)85-63-61-71(105-92-44-19-7-32-78(92)79-33-8-20-45-93(79)105)65-101(85)109(99)89-41-16-4-29-75(89)69-58-54-67(55-59-69)73-27-2-14-39-87(73)107-96-48-23-11-36-82(96)83-37-12-24-49-97(83)107/h1-65H/i5D,6D,7D,8D,9D,10D,11D,12D,17D,18D,19D,20D,21D,22D,23D,24D,30D,31D,32D,33D,34D,35D,36D,37D,42D,43D,44D,45D,46D,47D,48D,49D. The van der Waals surface area contributed by atoms with Crippen molar-refractivity contribution in [1.82, 2.24) is 18.3 Å². The van der Waals surface area contributed by atoms with Gasteiger partial charge in [-0.1, -0.05) is 285 Å². The van der Waals surface area contributed by atoms with Crippen LogP contribution >= 0.6 is 0 Å². The van der Waals surface area contributed by atoms with E-state index in [0.29, 0.717) is 106 Å². The second-order valence-corrected chi connectivity index (χ2v) is 26.7. The summed E-state index contributed by atoms with van der Waals surface area (Å²) in [7, 11) is 0. The van der Waals surface area contributed by atoms with Gasteiger partial charge in [0.2, 0.25) is 0 Å². The van der Waals surface area contributed by atoms with Crippen molar-refractivity contribution in [2.75, 3.05) is 9.80 Å². The van der Waals surface area contributed by atoms with Gasteiger partial charge in [-0.25, -0.2) is 0 Å². The van der Waals surface area contributed by atoms with Crippen molar-refractivity contribution in [1.29, 1.82) is 0 Å². The predicted octanol–water partition coefficient (Wildman–Crippen LogP) is 24.8. The maximum Gasteiger partial charge on any atom is 0.252 e. The van der Waals surface area contributed by atoms with Crippen molar-refractivity contribution in [3.8, 4) is 67.3 Å². The minimum atomic E-state index is -0.887. The van der Waals surface area contributed by atoms with Gasteiger partial charge in [-0.15, -0.1) is 0 Å². The highest BCUT2D eigenvalue weighted by molar-refractivity contribution is 7.00. The van der Waals surface area contributed by atoms with Crippen LogP contribution in [0.2, 0.25) is 0 Å². The summed E-state index contributed by atoms with van der Waals surface area (Å²) in [6, 6.07) is 42.1. The Morgan fingerprint density at radius 2 is 0.440 bits per heavy atom. The molecule has 0 saturated heterocycles. The number of anilines is 6. The van der Waals surface area contributed by atoms with Crippen molar-refractivity contribution in [2.45, 2.75) is 0 Å². The van der Waals surface area contributed by atoms with Gasteiger partial charge in [0.25, 0.3) is 6.71 Å². The van der Waals surface area contributed by atoms with E-state index in [1.807, 2.05) is 137 Å². The molecule has 0 spiro atoms. The maximum absolute atomic E-state index is 9.75. The molecule has 23 rings (SSSR count). The van der Waals surface area contributed by atoms with Crippen LogP contribution in [0.25, 0.3) is 154 Å². The van der Waals surface area contributed by atoms with E-state index >= 15 is 0 Å². The first-order valence-corrected chi connectivity index (χ1v) is 35.1. The molecule has 4 aromatic heterocycles. The second-order valence-electron chi connectivity index (χ2n) is 26.7. The molecule has 6 heterocycles. The lowest BCUT2D eigenvalue weighted by molar-refractivity contribution is 1.17. The normalized spacial score (nSPS) is 16.6. The monoisotopic (exact) mass is 1420 g/mol. The van der Waals surface area contributed by atoms with Crippen LogP contribution in [-0.2, 0) is 0 Å². The maximum atomic E-state index is 9.75. The van der Waals surface area contributed by atoms with Crippen LogP contribution in [0, 0.1) is 0 Å². The summed E-state index contributed by atoms with van der Waals surface area (Å²) >= 11 is 0. The highest BCUT2D eigenvalue weighted by atomic mass is 15.2. The number of rotatable bonds is 10. The van der Waals surface area contributed by atoms with Crippen molar-refractivity contribution >= 4 is 144 Å². The molecular formula is C102H65BN6. The molecule has 0 aliphatic carbocycles. The van der Waals surface area contributed by atoms with Crippen molar-refractivity contribution in [2.24, 2.45) is 0 Å². The molecule has 0 fully saturated rings. The summed E-state index contributed by atoms with van der Waals surface area (Å²) in [6.07, 6.45) is 0. The van der Waals surface area contributed by atoms with E-state index in [-0.39, 0.29) is 98.6 Å². The van der Waals surface area contributed by atoms with Gasteiger partial charge < -0.3 is 28.1 Å². The Morgan fingerprint density at radius 1 is 0.202 bits per heavy atom. The zero-order valence-corrected chi connectivity index (χ0v) is 56.8. The van der Waals surface area contributed by atoms with Gasteiger partial charge in [-0.3, -0.25) is 0 Å². The first-order chi connectivity index (χ1) is 67.4. The summed E-state index contributed by atoms with van der Waals surface area (Å²) < 4.78 is 301. The third-order valence-corrected chi connectivity index (χ3v) is 21.2. The van der Waals surface area contributed by atoms with Gasteiger partial charge in [0.15, 0.2) is 0 Å². The van der Waals surface area contributed by atoms with Crippen LogP contribution < -0.4 is 26.2 Å². The molecular weight excluding hydrogens is 1320 g/mol. The van der Waals surface area contributed by atoms with E-state index in [4.69, 9.17) is 16.4 Å². The number of aromatic nitrogens is 4. The molecule has 0 bridgehead atoms. The van der Waals surface area contributed by atoms with Gasteiger partial charge >= 0.3 is 0 Å². The van der Waals surface area contributed by atoms with E-state index in [2.05, 4.69) is 0 Å². The molecule has 6 nitrogen and oxygen atoms in total. The smallest absolute Gasteiger partial charge is 0.252 e. The zero-order valence-electron chi connectivity index (χ0n) is 88.8. The predicted molar refractivity (Wildman–Crippen MR) is 460 cm³/mol. The van der Waals surface area contributed by atoms with Crippen molar-refractivity contribution in [3.63, 3.8) is 0 Å². The Bertz CT molecular complexity index is 8540. The zero-order chi connectivity index (χ0) is 99.2. The molecule has 2 aliphatic rings. The van der Waals surface area contributed by atoms with Crippen molar-refractivity contribution in [3.05, 3.63) is 394 Å². The minimum Gasteiger partial charge on any atom is -0.311 e. The van der Waals surface area contributed by atoms with Crippen LogP contribution in [0.4, 0.5) is 34.1 Å². The first kappa shape index (κ1) is 37.5. The Hall–Kier alpha value is -14.4. The van der Waals surface area contributed by atoms with E-state index in [1.54, 1.807) is 72.8 Å². The number of benzene rings is 17. The third-order valence-electron chi connectivity index (χ3n) is 21.2. The molecule has 506 valence electrons. The molecule has 7 heteroatoms. The van der Waals surface area contributed by atoms with Crippen LogP contribution in [-0.4, -0.2) is 25.0 Å². The topological polar surface area (TPSA) is 26.2 Å². The Labute approximate surface area is 675 Å². The number of hydrogen-bond donors (Lipinski definition) is 0. The molecule has 21 aromatic rings. The molecule has 2 aliphatic heterocycles. The second kappa shape index (κ2) is 24.1. The van der Waals surface area contributed by atoms with Gasteiger partial charge in [0, 0.05) is 99.5 Å². The fourth-order valence-electron chi connectivity index (χ4n) is 16.7. The van der Waals surface area contributed by atoms with E-state index < -0.39 is 200 Å². The highest BCUT2D eigenvalue weighted by Crippen LogP contribution is 2.51. The SMILES string of the molecule is [2H]c1c([2H])c([2H])c2c(c1[2H])c1c([2H])c([2H])c([2H])c([2H])c1n2-c1ccc2c(c1)N(c1ccccc1-c1ccc(-c3ccccc3-n3c4c([2H])c([2H])c([2H])c([2H])c4c4c([2H])c([2H])c([2H])c([2H])c43)cc1)c1cccc3c1B2c1ccc(-n2c4c([2H])c([2H])c([2H])c([2H])c4c4c([2H])c([2H])c([2H])c([2H])c42)cc1N3c1ccccc1-c1ccc(-c2ccccc2-n2c3c([2H])c([2H])c([2H])c([2H])c3c3c([2H])c([2H])c([2H])c([2H])c32)cc1. The summed E-state index contributed by atoms with van der Waals surface area (Å²) in [6.45, 7) is -0.887. The molecule has 0 N–H and O–H groups in total. The first-order valence-electron chi connectivity index (χ1n) is 51.1. The Balaban J connectivity index is 0.770. The number of nitrogens with zero attached hydrogens (tertiary/aromatic N) is 6. The third kappa shape index (κ3) is 9.11. The van der Waals surface area contributed by atoms with Crippen LogP contribution in [0.15, 0.2) is 394 Å². The van der Waals surface area contributed by atoms with Crippen molar-refractivity contribution < 1.29 is 43.9 Å². The number of fused-ring (bicyclic) bond motifs is 16. The quantitative estimate of drug-likeness (QED) is 0.128. The van der Waals surface area contributed by atoms with Gasteiger partial charge in [-0.2, -0.15) is 0 Å². The van der Waals surface area contributed by atoms with Crippen LogP contribution in [0.5, 0.6) is 0 Å².